The lowest BCUT2D eigenvalue weighted by molar-refractivity contribution is -0.145. The van der Waals surface area contributed by atoms with Crippen LogP contribution in [0.25, 0.3) is 0 Å². The molecule has 57 heavy (non-hydrogen) atoms. The van der Waals surface area contributed by atoms with Crippen molar-refractivity contribution in [1.29, 1.82) is 0 Å². The summed E-state index contributed by atoms with van der Waals surface area (Å²) in [5.41, 5.74) is 0. The molecule has 1 unspecified atom stereocenters. The van der Waals surface area contributed by atoms with E-state index < -0.39 is 0 Å². The number of hydrogen-bond donors (Lipinski definition) is 0. The van der Waals surface area contributed by atoms with Crippen LogP contribution in [0.5, 0.6) is 0 Å². The van der Waals surface area contributed by atoms with E-state index in [-0.39, 0.29) is 11.9 Å². The molecule has 1 rings (SSSR count). The maximum absolute atomic E-state index is 12.5. The van der Waals surface area contributed by atoms with Crippen molar-refractivity contribution in [3.63, 3.8) is 0 Å². The number of carbonyl (C=O) groups is 2. The van der Waals surface area contributed by atoms with Crippen molar-refractivity contribution in [1.82, 2.24) is 4.90 Å². The van der Waals surface area contributed by atoms with Crippen molar-refractivity contribution in [2.75, 3.05) is 52.7 Å². The SMILES string of the molecule is CCCCCC(CCCCC)CCOC(=O)CCCCCCCCC(CCCCCCC(=O)OCCC(CCCCC)CCCCC)OCCCN1CCOCC1. The predicted octanol–water partition coefficient (Wildman–Crippen LogP) is 14.0. The van der Waals surface area contributed by atoms with Gasteiger partial charge in [0.05, 0.1) is 32.5 Å². The Bertz CT molecular complexity index is 844. The number of hydrogen-bond acceptors (Lipinski definition) is 7. The second kappa shape index (κ2) is 41.5. The molecule has 0 aliphatic carbocycles. The monoisotopic (exact) mass is 808 g/mol. The first-order valence-electron chi connectivity index (χ1n) is 25.2. The van der Waals surface area contributed by atoms with Crippen LogP contribution in [0, 0.1) is 11.8 Å². The normalized spacial score (nSPS) is 14.1. The van der Waals surface area contributed by atoms with Crippen LogP contribution in [-0.2, 0) is 28.5 Å². The topological polar surface area (TPSA) is 74.3 Å². The number of rotatable bonds is 43. The van der Waals surface area contributed by atoms with Crippen molar-refractivity contribution < 1.29 is 28.5 Å². The van der Waals surface area contributed by atoms with Crippen LogP contribution in [0.4, 0.5) is 0 Å². The summed E-state index contributed by atoms with van der Waals surface area (Å²) in [5.74, 6) is 1.41. The van der Waals surface area contributed by atoms with Crippen LogP contribution >= 0.6 is 0 Å². The molecule has 1 saturated heterocycles. The molecule has 0 bridgehead atoms. The van der Waals surface area contributed by atoms with E-state index in [0.29, 0.717) is 44.0 Å². The quantitative estimate of drug-likeness (QED) is 0.0449. The van der Waals surface area contributed by atoms with Gasteiger partial charge in [0.2, 0.25) is 0 Å². The van der Waals surface area contributed by atoms with E-state index in [1.54, 1.807) is 0 Å². The molecule has 338 valence electrons. The maximum atomic E-state index is 12.5. The number of carbonyl (C=O) groups excluding carboxylic acids is 2. The molecule has 1 aliphatic heterocycles. The molecule has 7 nitrogen and oxygen atoms in total. The summed E-state index contributed by atoms with van der Waals surface area (Å²) in [6.07, 6.45) is 38.8. The summed E-state index contributed by atoms with van der Waals surface area (Å²) in [5, 5.41) is 0. The Hall–Kier alpha value is -1.18. The second-order valence-electron chi connectivity index (χ2n) is 17.6. The molecular weight excluding hydrogens is 711 g/mol. The molecular formula is C50H97NO6. The van der Waals surface area contributed by atoms with Gasteiger partial charge in [-0.25, -0.2) is 0 Å². The number of ether oxygens (including phenoxy) is 4. The molecule has 0 aromatic carbocycles. The average Bonchev–Trinajstić information content (AvgIpc) is 3.21. The van der Waals surface area contributed by atoms with Gasteiger partial charge < -0.3 is 18.9 Å². The standard InChI is InChI=1S/C50H97NO6/c1-5-9-19-28-46(29-20-10-6-2)36-42-56-49(52)34-25-16-14-13-15-23-32-48(55-41-27-38-51-39-44-54-45-40-51)33-24-17-18-26-35-50(53)57-43-37-47(30-21-11-7-3)31-22-12-8-4/h46-48H,5-45H2,1-4H3. The highest BCUT2D eigenvalue weighted by molar-refractivity contribution is 5.69. The number of morpholine rings is 1. The van der Waals surface area contributed by atoms with Gasteiger partial charge in [-0.2, -0.15) is 0 Å². The third-order valence-corrected chi connectivity index (χ3v) is 12.3. The first-order chi connectivity index (χ1) is 28.0. The van der Waals surface area contributed by atoms with Crippen LogP contribution in [0.2, 0.25) is 0 Å². The van der Waals surface area contributed by atoms with Gasteiger partial charge in [0.1, 0.15) is 0 Å². The number of nitrogens with zero attached hydrogens (tertiary/aromatic N) is 1. The van der Waals surface area contributed by atoms with Crippen molar-refractivity contribution in [2.45, 2.75) is 246 Å². The first-order valence-corrected chi connectivity index (χ1v) is 25.2. The molecule has 1 aliphatic rings. The molecule has 1 heterocycles. The van der Waals surface area contributed by atoms with Crippen molar-refractivity contribution in [3.8, 4) is 0 Å². The molecule has 1 atom stereocenters. The summed E-state index contributed by atoms with van der Waals surface area (Å²) in [6.45, 7) is 16.0. The molecule has 0 spiro atoms. The minimum absolute atomic E-state index is 0.000837. The Balaban J connectivity index is 2.25. The third-order valence-electron chi connectivity index (χ3n) is 12.3. The summed E-state index contributed by atoms with van der Waals surface area (Å²) in [6, 6.07) is 0. The van der Waals surface area contributed by atoms with Gasteiger partial charge in [0, 0.05) is 39.1 Å². The minimum atomic E-state index is -0.00744. The highest BCUT2D eigenvalue weighted by Crippen LogP contribution is 2.23. The van der Waals surface area contributed by atoms with Gasteiger partial charge in [-0.05, 0) is 56.8 Å². The number of unbranched alkanes of at least 4 members (excludes halogenated alkanes) is 16. The lowest BCUT2D eigenvalue weighted by Crippen LogP contribution is -2.37. The summed E-state index contributed by atoms with van der Waals surface area (Å²) in [7, 11) is 0. The number of esters is 2. The highest BCUT2D eigenvalue weighted by atomic mass is 16.5. The fourth-order valence-electron chi connectivity index (χ4n) is 8.44. The van der Waals surface area contributed by atoms with Crippen LogP contribution in [-0.4, -0.2) is 75.6 Å². The van der Waals surface area contributed by atoms with Crippen molar-refractivity contribution in [2.24, 2.45) is 11.8 Å². The van der Waals surface area contributed by atoms with Gasteiger partial charge in [-0.3, -0.25) is 14.5 Å². The van der Waals surface area contributed by atoms with Crippen molar-refractivity contribution >= 4 is 11.9 Å². The van der Waals surface area contributed by atoms with E-state index in [9.17, 15) is 9.59 Å². The van der Waals surface area contributed by atoms with E-state index >= 15 is 0 Å². The van der Waals surface area contributed by atoms with E-state index in [1.165, 1.54) is 128 Å². The summed E-state index contributed by atoms with van der Waals surface area (Å²) >= 11 is 0. The smallest absolute Gasteiger partial charge is 0.305 e. The highest BCUT2D eigenvalue weighted by Gasteiger charge is 2.14. The van der Waals surface area contributed by atoms with E-state index in [0.717, 1.165) is 110 Å². The lowest BCUT2D eigenvalue weighted by atomic mass is 9.92. The molecule has 0 aromatic heterocycles. The van der Waals surface area contributed by atoms with E-state index in [1.807, 2.05) is 0 Å². The van der Waals surface area contributed by atoms with Gasteiger partial charge in [0.15, 0.2) is 0 Å². The Morgan fingerprint density at radius 1 is 0.456 bits per heavy atom. The molecule has 0 amide bonds. The van der Waals surface area contributed by atoms with Gasteiger partial charge in [-0.15, -0.1) is 0 Å². The van der Waals surface area contributed by atoms with E-state index in [4.69, 9.17) is 18.9 Å². The van der Waals surface area contributed by atoms with Gasteiger partial charge in [0.25, 0.3) is 0 Å². The molecule has 0 N–H and O–H groups in total. The zero-order valence-electron chi connectivity index (χ0n) is 38.6. The average molecular weight is 808 g/mol. The third kappa shape index (κ3) is 35.3. The zero-order valence-corrected chi connectivity index (χ0v) is 38.6. The molecule has 0 saturated carbocycles. The fourth-order valence-corrected chi connectivity index (χ4v) is 8.44. The predicted molar refractivity (Wildman–Crippen MR) is 241 cm³/mol. The second-order valence-corrected chi connectivity index (χ2v) is 17.6. The van der Waals surface area contributed by atoms with E-state index in [2.05, 4.69) is 32.6 Å². The molecule has 1 fully saturated rings. The minimum Gasteiger partial charge on any atom is -0.466 e. The largest absolute Gasteiger partial charge is 0.466 e. The Labute approximate surface area is 354 Å². The van der Waals surface area contributed by atoms with Crippen molar-refractivity contribution in [3.05, 3.63) is 0 Å². The van der Waals surface area contributed by atoms with Crippen LogP contribution in [0.15, 0.2) is 0 Å². The summed E-state index contributed by atoms with van der Waals surface area (Å²) in [4.78, 5) is 27.3. The maximum Gasteiger partial charge on any atom is 0.305 e. The first kappa shape index (κ1) is 53.8. The molecule has 0 aromatic rings. The van der Waals surface area contributed by atoms with Crippen LogP contribution in [0.3, 0.4) is 0 Å². The van der Waals surface area contributed by atoms with Crippen LogP contribution in [0.1, 0.15) is 240 Å². The summed E-state index contributed by atoms with van der Waals surface area (Å²) < 4.78 is 23.3. The molecule has 7 heteroatoms. The lowest BCUT2D eigenvalue weighted by Gasteiger charge is -2.26. The van der Waals surface area contributed by atoms with Crippen LogP contribution < -0.4 is 0 Å². The Morgan fingerprint density at radius 2 is 0.842 bits per heavy atom. The zero-order chi connectivity index (χ0) is 41.3. The Kier molecular flexibility index (Phi) is 39.2. The Morgan fingerprint density at radius 3 is 1.26 bits per heavy atom. The van der Waals surface area contributed by atoms with Gasteiger partial charge >= 0.3 is 11.9 Å². The molecule has 0 radical (unpaired) electrons. The van der Waals surface area contributed by atoms with Gasteiger partial charge in [-0.1, -0.05) is 182 Å². The fraction of sp³-hybridized carbons (Fsp3) is 0.960.